The Bertz CT molecular complexity index is 1180. The third kappa shape index (κ3) is 6.19. The van der Waals surface area contributed by atoms with Gasteiger partial charge in [-0.1, -0.05) is 34.1 Å². The summed E-state index contributed by atoms with van der Waals surface area (Å²) in [6, 6.07) is 19.5. The van der Waals surface area contributed by atoms with Crippen LogP contribution in [-0.4, -0.2) is 20.1 Å². The van der Waals surface area contributed by atoms with Gasteiger partial charge in [-0.05, 0) is 80.2 Å². The third-order valence-electron chi connectivity index (χ3n) is 4.28. The van der Waals surface area contributed by atoms with Crippen LogP contribution in [0.25, 0.3) is 0 Å². The van der Waals surface area contributed by atoms with Gasteiger partial charge < -0.3 is 15.4 Å². The number of para-hydroxylation sites is 1. The van der Waals surface area contributed by atoms with Gasteiger partial charge in [-0.25, -0.2) is 8.42 Å². The molecular weight excluding hydrogens is 498 g/mol. The lowest BCUT2D eigenvalue weighted by Gasteiger charge is -2.14. The molecule has 3 aromatic rings. The summed E-state index contributed by atoms with van der Waals surface area (Å²) < 4.78 is 34.5. The highest BCUT2D eigenvalue weighted by Crippen LogP contribution is 2.29. The van der Waals surface area contributed by atoms with Gasteiger partial charge in [0.25, 0.3) is 10.0 Å². The number of hydrogen-bond donors (Lipinski definition) is 3. The molecule has 0 saturated heterocycles. The van der Waals surface area contributed by atoms with Gasteiger partial charge in [-0.3, -0.25) is 4.72 Å². The average Bonchev–Trinajstić information content (AvgIpc) is 2.72. The van der Waals surface area contributed by atoms with Gasteiger partial charge in [0.15, 0.2) is 5.11 Å². The molecule has 0 bridgehead atoms. The van der Waals surface area contributed by atoms with Gasteiger partial charge in [-0.2, -0.15) is 0 Å². The van der Waals surface area contributed by atoms with Crippen molar-refractivity contribution in [1.29, 1.82) is 0 Å². The van der Waals surface area contributed by atoms with Crippen LogP contribution in [0.2, 0.25) is 0 Å². The lowest BCUT2D eigenvalue weighted by atomic mass is 10.2. The van der Waals surface area contributed by atoms with Gasteiger partial charge in [0.1, 0.15) is 10.6 Å². The molecule has 0 aliphatic rings. The molecule has 3 rings (SSSR count). The summed E-state index contributed by atoms with van der Waals surface area (Å²) in [5.74, 6) is 0.295. The molecule has 0 saturated carbocycles. The fourth-order valence-electron chi connectivity index (χ4n) is 2.80. The maximum absolute atomic E-state index is 12.9. The second-order valence-corrected chi connectivity index (χ2v) is 9.58. The van der Waals surface area contributed by atoms with Gasteiger partial charge in [0.05, 0.1) is 6.61 Å². The number of thiocarbonyl (C=S) groups is 1. The smallest absolute Gasteiger partial charge is 0.265 e. The van der Waals surface area contributed by atoms with Crippen LogP contribution in [0.5, 0.6) is 5.75 Å². The molecule has 0 heterocycles. The van der Waals surface area contributed by atoms with E-state index in [9.17, 15) is 8.42 Å². The zero-order valence-corrected chi connectivity index (χ0v) is 20.2. The Kier molecular flexibility index (Phi) is 7.53. The maximum Gasteiger partial charge on any atom is 0.265 e. The van der Waals surface area contributed by atoms with Crippen LogP contribution in [0.1, 0.15) is 12.5 Å². The first kappa shape index (κ1) is 23.1. The maximum atomic E-state index is 12.9. The van der Waals surface area contributed by atoms with Crippen molar-refractivity contribution in [2.75, 3.05) is 22.0 Å². The number of ether oxygens (including phenoxy) is 1. The number of sulfonamides is 1. The van der Waals surface area contributed by atoms with E-state index in [-0.39, 0.29) is 4.90 Å². The van der Waals surface area contributed by atoms with Crippen LogP contribution in [0.4, 0.5) is 17.1 Å². The summed E-state index contributed by atoms with van der Waals surface area (Å²) in [5.41, 5.74) is 3.15. The van der Waals surface area contributed by atoms with Gasteiger partial charge in [0, 0.05) is 21.5 Å². The molecule has 0 fully saturated rings. The van der Waals surface area contributed by atoms with Crippen LogP contribution >= 0.6 is 28.1 Å². The molecule has 3 N–H and O–H groups in total. The van der Waals surface area contributed by atoms with Crippen LogP contribution in [0.3, 0.4) is 0 Å². The Balaban J connectivity index is 1.70. The van der Waals surface area contributed by atoms with Crippen molar-refractivity contribution in [3.8, 4) is 5.75 Å². The van der Waals surface area contributed by atoms with E-state index in [4.69, 9.17) is 17.0 Å². The van der Waals surface area contributed by atoms with Crippen molar-refractivity contribution in [3.05, 3.63) is 76.8 Å². The van der Waals surface area contributed by atoms with Gasteiger partial charge >= 0.3 is 0 Å². The van der Waals surface area contributed by atoms with Crippen molar-refractivity contribution in [1.82, 2.24) is 0 Å². The molecule has 162 valence electrons. The normalized spacial score (nSPS) is 10.9. The molecule has 3 aromatic carbocycles. The van der Waals surface area contributed by atoms with Gasteiger partial charge in [0.2, 0.25) is 0 Å². The van der Waals surface area contributed by atoms with Crippen molar-refractivity contribution >= 4 is 60.3 Å². The number of halogens is 1. The molecule has 0 atom stereocenters. The second kappa shape index (κ2) is 10.1. The summed E-state index contributed by atoms with van der Waals surface area (Å²) in [5, 5.41) is 6.68. The molecule has 0 aliphatic heterocycles. The molecule has 0 spiro atoms. The lowest BCUT2D eigenvalue weighted by molar-refractivity contribution is 0.331. The highest BCUT2D eigenvalue weighted by atomic mass is 79.9. The van der Waals surface area contributed by atoms with Crippen LogP contribution in [0, 0.1) is 6.92 Å². The van der Waals surface area contributed by atoms with E-state index >= 15 is 0 Å². The molecule has 0 radical (unpaired) electrons. The molecule has 0 aromatic heterocycles. The largest absolute Gasteiger partial charge is 0.492 e. The van der Waals surface area contributed by atoms with Crippen molar-refractivity contribution in [3.63, 3.8) is 0 Å². The predicted octanol–water partition coefficient (Wildman–Crippen LogP) is 5.77. The topological polar surface area (TPSA) is 79.5 Å². The van der Waals surface area contributed by atoms with Crippen LogP contribution in [-0.2, 0) is 10.0 Å². The summed E-state index contributed by atoms with van der Waals surface area (Å²) in [6.45, 7) is 4.16. The number of rotatable bonds is 7. The quantitative estimate of drug-likeness (QED) is 0.344. The summed E-state index contributed by atoms with van der Waals surface area (Å²) in [7, 11) is -3.83. The van der Waals surface area contributed by atoms with E-state index < -0.39 is 10.0 Å². The zero-order valence-electron chi connectivity index (χ0n) is 17.0. The first-order valence-electron chi connectivity index (χ1n) is 9.47. The molecule has 6 nitrogen and oxygen atoms in total. The average molecular weight is 520 g/mol. The van der Waals surface area contributed by atoms with Crippen molar-refractivity contribution in [2.24, 2.45) is 0 Å². The fraction of sp³-hybridized carbons (Fsp3) is 0.136. The Hall–Kier alpha value is -2.62. The fourth-order valence-corrected chi connectivity index (χ4v) is 4.77. The summed E-state index contributed by atoms with van der Waals surface area (Å²) in [4.78, 5) is 0.0644. The first-order valence-corrected chi connectivity index (χ1v) is 12.2. The minimum atomic E-state index is -3.83. The second-order valence-electron chi connectivity index (χ2n) is 6.60. The standard InChI is InChI=1S/C22H22BrN3O3S2/c1-3-29-20-13-8-16(23)14-21(20)31(27,28)26-18-11-9-17(10-12-18)24-22(30)25-19-7-5-4-6-15(19)2/h4-14,26H,3H2,1-2H3,(H2,24,25,30). The molecule has 9 heteroatoms. The summed E-state index contributed by atoms with van der Waals surface area (Å²) in [6.07, 6.45) is 0. The van der Waals surface area contributed by atoms with Crippen LogP contribution in [0.15, 0.2) is 76.1 Å². The van der Waals surface area contributed by atoms with E-state index in [0.717, 1.165) is 16.9 Å². The van der Waals surface area contributed by atoms with E-state index in [1.54, 1.807) is 43.3 Å². The van der Waals surface area contributed by atoms with E-state index in [0.29, 0.717) is 27.6 Å². The Morgan fingerprint density at radius 2 is 1.68 bits per heavy atom. The molecule has 31 heavy (non-hydrogen) atoms. The number of hydrogen-bond acceptors (Lipinski definition) is 4. The highest BCUT2D eigenvalue weighted by Gasteiger charge is 2.20. The highest BCUT2D eigenvalue weighted by molar-refractivity contribution is 9.10. The first-order chi connectivity index (χ1) is 14.8. The van der Waals surface area contributed by atoms with Gasteiger partial charge in [-0.15, -0.1) is 0 Å². The number of aryl methyl sites for hydroxylation is 1. The lowest BCUT2D eigenvalue weighted by Crippen LogP contribution is -2.19. The molecule has 0 unspecified atom stereocenters. The number of benzene rings is 3. The van der Waals surface area contributed by atoms with Crippen LogP contribution < -0.4 is 20.1 Å². The van der Waals surface area contributed by atoms with E-state index in [1.807, 2.05) is 31.2 Å². The van der Waals surface area contributed by atoms with E-state index in [1.165, 1.54) is 6.07 Å². The minimum Gasteiger partial charge on any atom is -0.492 e. The molecule has 0 amide bonds. The molecular formula is C22H22BrN3O3S2. The SMILES string of the molecule is CCOc1ccc(Br)cc1S(=O)(=O)Nc1ccc(NC(=S)Nc2ccccc2C)cc1. The monoisotopic (exact) mass is 519 g/mol. The van der Waals surface area contributed by atoms with Crippen molar-refractivity contribution in [2.45, 2.75) is 18.7 Å². The predicted molar refractivity (Wildman–Crippen MR) is 134 cm³/mol. The minimum absolute atomic E-state index is 0.0644. The Morgan fingerprint density at radius 1 is 1.00 bits per heavy atom. The van der Waals surface area contributed by atoms with Crippen molar-refractivity contribution < 1.29 is 13.2 Å². The summed E-state index contributed by atoms with van der Waals surface area (Å²) >= 11 is 8.67. The number of nitrogens with one attached hydrogen (secondary N) is 3. The van der Waals surface area contributed by atoms with E-state index in [2.05, 4.69) is 31.3 Å². The number of anilines is 3. The third-order valence-corrected chi connectivity index (χ3v) is 6.38. The Morgan fingerprint density at radius 3 is 2.35 bits per heavy atom. The Labute approximate surface area is 196 Å². The molecule has 0 aliphatic carbocycles. The zero-order chi connectivity index (χ0) is 22.4.